The smallest absolute Gasteiger partial charge is 0.303 e. The Bertz CT molecular complexity index is 954. The summed E-state index contributed by atoms with van der Waals surface area (Å²) in [6.45, 7) is 7.01. The summed E-state index contributed by atoms with van der Waals surface area (Å²) in [5.41, 5.74) is -0.732. The Kier molecular flexibility index (Phi) is 4.76. The largest absolute Gasteiger partial charge is 0.475 e. The fraction of sp³-hybridized carbons (Fsp3) is 0.760. The number of nitrogens with zero attached hydrogens (tertiary/aromatic N) is 1. The molecule has 1 heterocycles. The first kappa shape index (κ1) is 21.8. The molecule has 3 saturated carbocycles. The maximum absolute atomic E-state index is 13.6. The number of fused-ring (bicyclic) bond motifs is 7. The quantitative estimate of drug-likeness (QED) is 0.673. The van der Waals surface area contributed by atoms with Gasteiger partial charge in [0.2, 0.25) is 5.78 Å². The molecule has 0 aromatic heterocycles. The lowest BCUT2D eigenvalue weighted by Crippen LogP contribution is -2.62. The number of hydrogen-bond acceptors (Lipinski definition) is 7. The fourth-order valence-electron chi connectivity index (χ4n) is 8.33. The third-order valence-electron chi connectivity index (χ3n) is 9.57. The van der Waals surface area contributed by atoms with Gasteiger partial charge in [-0.3, -0.25) is 14.4 Å². The molecule has 174 valence electrons. The Morgan fingerprint density at radius 3 is 2.78 bits per heavy atom. The van der Waals surface area contributed by atoms with Gasteiger partial charge in [-0.15, -0.1) is 0 Å². The summed E-state index contributed by atoms with van der Waals surface area (Å²) < 4.78 is 11.2. The van der Waals surface area contributed by atoms with E-state index >= 15 is 0 Å². The SMILES string of the molecule is CC(=O)OCC(=O)[C@@]12N=C(C)O[C@@H]1C[C@H]1[C@@H]3CCC4=CC(=O)CC[C@]4(C)[C@H]3[C@@H](O)C[C@@]12C. The van der Waals surface area contributed by atoms with Gasteiger partial charge in [0, 0.05) is 25.7 Å². The first-order valence-corrected chi connectivity index (χ1v) is 11.8. The van der Waals surface area contributed by atoms with Gasteiger partial charge in [-0.25, -0.2) is 4.99 Å². The Hall–Kier alpha value is -2.02. The number of carbonyl (C=O) groups is 3. The fourth-order valence-corrected chi connectivity index (χ4v) is 8.33. The average molecular weight is 444 g/mol. The number of aliphatic hydroxyl groups is 1. The van der Waals surface area contributed by atoms with Crippen molar-refractivity contribution in [1.82, 2.24) is 0 Å². The number of ether oxygens (including phenoxy) is 2. The first-order valence-electron chi connectivity index (χ1n) is 11.8. The van der Waals surface area contributed by atoms with Crippen LogP contribution in [-0.4, -0.2) is 52.9 Å². The lowest BCUT2D eigenvalue weighted by Gasteiger charge is -2.60. The topological polar surface area (TPSA) is 102 Å². The molecule has 0 bridgehead atoms. The van der Waals surface area contributed by atoms with E-state index in [1.807, 2.05) is 6.08 Å². The number of carbonyl (C=O) groups excluding carboxylic acids is 3. The highest BCUT2D eigenvalue weighted by Crippen LogP contribution is 2.69. The van der Waals surface area contributed by atoms with Crippen LogP contribution in [0.5, 0.6) is 0 Å². The summed E-state index contributed by atoms with van der Waals surface area (Å²) in [6, 6.07) is 0. The Morgan fingerprint density at radius 2 is 2.06 bits per heavy atom. The van der Waals surface area contributed by atoms with Crippen molar-refractivity contribution in [2.24, 2.45) is 33.6 Å². The average Bonchev–Trinajstić information content (AvgIpc) is 3.17. The van der Waals surface area contributed by atoms with Gasteiger partial charge in [-0.1, -0.05) is 19.4 Å². The van der Waals surface area contributed by atoms with Gasteiger partial charge in [-0.2, -0.15) is 0 Å². The van der Waals surface area contributed by atoms with E-state index < -0.39 is 29.1 Å². The van der Waals surface area contributed by atoms with Crippen LogP contribution in [0.25, 0.3) is 0 Å². The van der Waals surface area contributed by atoms with E-state index in [9.17, 15) is 19.5 Å². The predicted octanol–water partition coefficient (Wildman–Crippen LogP) is 2.79. The van der Waals surface area contributed by atoms with Crippen LogP contribution in [0.1, 0.15) is 66.2 Å². The molecule has 1 N–H and O–H groups in total. The van der Waals surface area contributed by atoms with Gasteiger partial charge in [-0.05, 0) is 61.3 Å². The third-order valence-corrected chi connectivity index (χ3v) is 9.57. The molecule has 0 aromatic rings. The van der Waals surface area contributed by atoms with Crippen molar-refractivity contribution in [3.63, 3.8) is 0 Å². The molecule has 0 aromatic carbocycles. The van der Waals surface area contributed by atoms with Crippen molar-refractivity contribution in [2.75, 3.05) is 6.61 Å². The first-order chi connectivity index (χ1) is 15.0. The summed E-state index contributed by atoms with van der Waals surface area (Å²) in [7, 11) is 0. The molecule has 0 amide bonds. The molecule has 5 rings (SSSR count). The Morgan fingerprint density at radius 1 is 1.31 bits per heavy atom. The molecule has 7 nitrogen and oxygen atoms in total. The number of rotatable bonds is 3. The predicted molar refractivity (Wildman–Crippen MR) is 116 cm³/mol. The van der Waals surface area contributed by atoms with Crippen molar-refractivity contribution < 1.29 is 29.0 Å². The number of allylic oxidation sites excluding steroid dienone is 1. The van der Waals surface area contributed by atoms with Gasteiger partial charge in [0.1, 0.15) is 6.10 Å². The van der Waals surface area contributed by atoms with Crippen LogP contribution in [0.3, 0.4) is 0 Å². The van der Waals surface area contributed by atoms with Gasteiger partial charge >= 0.3 is 5.97 Å². The van der Waals surface area contributed by atoms with Crippen LogP contribution in [0.15, 0.2) is 16.6 Å². The van der Waals surface area contributed by atoms with Crippen molar-refractivity contribution in [3.8, 4) is 0 Å². The molecule has 3 fully saturated rings. The highest BCUT2D eigenvalue weighted by molar-refractivity contribution is 5.97. The minimum absolute atomic E-state index is 0.0539. The van der Waals surface area contributed by atoms with Crippen LogP contribution >= 0.6 is 0 Å². The summed E-state index contributed by atoms with van der Waals surface area (Å²) in [6.07, 6.45) is 5.00. The molecule has 0 spiro atoms. The van der Waals surface area contributed by atoms with E-state index in [0.717, 1.165) is 19.3 Å². The molecule has 0 saturated heterocycles. The van der Waals surface area contributed by atoms with Crippen LogP contribution in [0, 0.1) is 28.6 Å². The summed E-state index contributed by atoms with van der Waals surface area (Å²) in [5.74, 6) is 0.371. The Balaban J connectivity index is 1.55. The van der Waals surface area contributed by atoms with E-state index in [2.05, 4.69) is 13.8 Å². The number of ketones is 2. The van der Waals surface area contributed by atoms with Gasteiger partial charge in [0.25, 0.3) is 0 Å². The normalized spacial score (nSPS) is 46.7. The minimum atomic E-state index is -1.14. The molecule has 0 unspecified atom stereocenters. The standard InChI is InChI=1S/C25H33NO6/c1-13-26-25(20(30)12-31-14(2)27)21(32-13)10-18-17-6-5-15-9-16(28)7-8-23(15,3)22(17)19(29)11-24(18,25)4/h9,17-19,21-22,29H,5-8,10-12H2,1-4H3/t17-,18-,19-,21+,22+,23-,24-,25+/m0/s1. The zero-order valence-electron chi connectivity index (χ0n) is 19.3. The van der Waals surface area contributed by atoms with E-state index in [0.29, 0.717) is 25.2 Å². The van der Waals surface area contributed by atoms with E-state index in [1.54, 1.807) is 6.92 Å². The van der Waals surface area contributed by atoms with Gasteiger partial charge in [0.15, 0.2) is 23.8 Å². The zero-order valence-corrected chi connectivity index (χ0v) is 19.3. The van der Waals surface area contributed by atoms with Crippen molar-refractivity contribution >= 4 is 23.4 Å². The molecule has 1 aliphatic heterocycles. The number of aliphatic hydroxyl groups excluding tert-OH is 1. The zero-order chi connectivity index (χ0) is 23.1. The van der Waals surface area contributed by atoms with Crippen LogP contribution in [-0.2, 0) is 23.9 Å². The molecular weight excluding hydrogens is 410 g/mol. The monoisotopic (exact) mass is 443 g/mol. The molecule has 7 heteroatoms. The molecule has 5 aliphatic rings. The van der Waals surface area contributed by atoms with Crippen molar-refractivity contribution in [2.45, 2.75) is 84.0 Å². The van der Waals surface area contributed by atoms with Crippen LogP contribution in [0.2, 0.25) is 0 Å². The molecular formula is C25H33NO6. The van der Waals surface area contributed by atoms with E-state index in [4.69, 9.17) is 14.5 Å². The maximum atomic E-state index is 13.6. The minimum Gasteiger partial charge on any atom is -0.475 e. The van der Waals surface area contributed by atoms with Crippen molar-refractivity contribution in [3.05, 3.63) is 11.6 Å². The second-order valence-corrected chi connectivity index (χ2v) is 11.0. The number of esters is 1. The number of hydrogen-bond donors (Lipinski definition) is 1. The third kappa shape index (κ3) is 2.69. The highest BCUT2D eigenvalue weighted by Gasteiger charge is 2.74. The summed E-state index contributed by atoms with van der Waals surface area (Å²) >= 11 is 0. The summed E-state index contributed by atoms with van der Waals surface area (Å²) in [4.78, 5) is 41.8. The molecule has 32 heavy (non-hydrogen) atoms. The van der Waals surface area contributed by atoms with Crippen molar-refractivity contribution in [1.29, 1.82) is 0 Å². The number of aliphatic imine (C=N–C) groups is 1. The molecule has 4 aliphatic carbocycles. The molecule has 8 atom stereocenters. The summed E-state index contributed by atoms with van der Waals surface area (Å²) in [5, 5.41) is 11.6. The maximum Gasteiger partial charge on any atom is 0.303 e. The second kappa shape index (κ2) is 6.99. The lowest BCUT2D eigenvalue weighted by atomic mass is 9.45. The van der Waals surface area contributed by atoms with Crippen LogP contribution < -0.4 is 0 Å². The van der Waals surface area contributed by atoms with Gasteiger partial charge < -0.3 is 14.6 Å². The lowest BCUT2D eigenvalue weighted by molar-refractivity contribution is -0.157. The second-order valence-electron chi connectivity index (χ2n) is 11.0. The number of Topliss-reactive ketones (excluding diaryl/α,β-unsaturated/α-hetero) is 1. The van der Waals surface area contributed by atoms with E-state index in [1.165, 1.54) is 12.5 Å². The molecule has 0 radical (unpaired) electrons. The highest BCUT2D eigenvalue weighted by atomic mass is 16.5. The van der Waals surface area contributed by atoms with Crippen LogP contribution in [0.4, 0.5) is 0 Å². The van der Waals surface area contributed by atoms with Gasteiger partial charge in [0.05, 0.1) is 6.10 Å². The Labute approximate surface area is 188 Å². The van der Waals surface area contributed by atoms with E-state index in [-0.39, 0.29) is 41.3 Å².